The predicted molar refractivity (Wildman–Crippen MR) is 93.1 cm³/mol. The summed E-state index contributed by atoms with van der Waals surface area (Å²) in [4.78, 5) is 12.9. The molecule has 0 aliphatic heterocycles. The van der Waals surface area contributed by atoms with Crippen LogP contribution in [0.3, 0.4) is 0 Å². The smallest absolute Gasteiger partial charge is 0.316 e. The number of aryl methyl sites for hydroxylation is 1. The lowest BCUT2D eigenvalue weighted by Gasteiger charge is -2.16. The van der Waals surface area contributed by atoms with E-state index in [2.05, 4.69) is 34.0 Å². The minimum absolute atomic E-state index is 0.235. The monoisotopic (exact) mass is 351 g/mol. The summed E-state index contributed by atoms with van der Waals surface area (Å²) in [6.45, 7) is 4.24. The van der Waals surface area contributed by atoms with E-state index >= 15 is 0 Å². The first kappa shape index (κ1) is 16.5. The number of ether oxygens (including phenoxy) is 1. The normalized spacial score (nSPS) is 14.1. The Morgan fingerprint density at radius 3 is 2.91 bits per heavy atom. The maximum absolute atomic E-state index is 11.4. The van der Waals surface area contributed by atoms with Gasteiger partial charge in [0.1, 0.15) is 0 Å². The Balaban J connectivity index is 1.95. The van der Waals surface area contributed by atoms with Crippen LogP contribution in [0.25, 0.3) is 11.4 Å². The zero-order valence-corrected chi connectivity index (χ0v) is 15.3. The van der Waals surface area contributed by atoms with Crippen molar-refractivity contribution in [3.8, 4) is 11.4 Å². The summed E-state index contributed by atoms with van der Waals surface area (Å²) < 4.78 is 6.84. The first-order chi connectivity index (χ1) is 11.1. The molecule has 5 nitrogen and oxygen atoms in total. The van der Waals surface area contributed by atoms with Gasteiger partial charge in [-0.3, -0.25) is 9.36 Å². The second kappa shape index (κ2) is 7.05. The Hall–Kier alpha value is -1.34. The van der Waals surface area contributed by atoms with E-state index in [9.17, 15) is 4.79 Å². The summed E-state index contributed by atoms with van der Waals surface area (Å²) in [5.74, 6) is 0.929. The van der Waals surface area contributed by atoms with Gasteiger partial charge in [0.2, 0.25) is 0 Å². The molecule has 0 radical (unpaired) electrons. The SMILES string of the molecule is COC(=O)CSc1nnc(-c2csc3c2CCCC3)n1C(C)C. The maximum Gasteiger partial charge on any atom is 0.316 e. The Labute approximate surface area is 144 Å². The number of fused-ring (bicyclic) bond motifs is 1. The van der Waals surface area contributed by atoms with Gasteiger partial charge in [-0.1, -0.05) is 11.8 Å². The number of rotatable bonds is 5. The van der Waals surface area contributed by atoms with E-state index in [0.717, 1.165) is 17.4 Å². The molecule has 0 saturated heterocycles. The van der Waals surface area contributed by atoms with E-state index in [4.69, 9.17) is 4.74 Å². The molecule has 1 aliphatic rings. The molecule has 0 saturated carbocycles. The predicted octanol–water partition coefficient (Wildman–Crippen LogP) is 3.73. The molecule has 2 aromatic rings. The van der Waals surface area contributed by atoms with Crippen LogP contribution >= 0.6 is 23.1 Å². The lowest BCUT2D eigenvalue weighted by Crippen LogP contribution is -2.09. The molecule has 2 aromatic heterocycles. The molecule has 3 rings (SSSR count). The number of methoxy groups -OCH3 is 1. The maximum atomic E-state index is 11.4. The van der Waals surface area contributed by atoms with Crippen molar-refractivity contribution in [3.05, 3.63) is 15.8 Å². The molecule has 2 heterocycles. The Morgan fingerprint density at radius 2 is 2.17 bits per heavy atom. The minimum Gasteiger partial charge on any atom is -0.468 e. The van der Waals surface area contributed by atoms with E-state index in [0.29, 0.717) is 0 Å². The van der Waals surface area contributed by atoms with Gasteiger partial charge in [-0.25, -0.2) is 0 Å². The van der Waals surface area contributed by atoms with Crippen LogP contribution in [0.5, 0.6) is 0 Å². The summed E-state index contributed by atoms with van der Waals surface area (Å²) in [5.41, 5.74) is 2.66. The number of esters is 1. The van der Waals surface area contributed by atoms with Crippen LogP contribution in [0, 0.1) is 0 Å². The third-order valence-corrected chi connectivity index (χ3v) is 6.04. The number of thioether (sulfide) groups is 1. The van der Waals surface area contributed by atoms with Gasteiger partial charge >= 0.3 is 5.97 Å². The van der Waals surface area contributed by atoms with Gasteiger partial charge < -0.3 is 4.74 Å². The van der Waals surface area contributed by atoms with Gasteiger partial charge in [-0.05, 0) is 45.1 Å². The molecule has 23 heavy (non-hydrogen) atoms. The van der Waals surface area contributed by atoms with E-state index in [1.807, 2.05) is 11.3 Å². The highest BCUT2D eigenvalue weighted by Crippen LogP contribution is 2.37. The average Bonchev–Trinajstić information content (AvgIpc) is 3.15. The van der Waals surface area contributed by atoms with E-state index in [1.54, 1.807) is 0 Å². The molecule has 0 unspecified atom stereocenters. The minimum atomic E-state index is -0.247. The number of nitrogens with zero attached hydrogens (tertiary/aromatic N) is 3. The van der Waals surface area contributed by atoms with Crippen LogP contribution in [0.4, 0.5) is 0 Å². The second-order valence-corrected chi connectivity index (χ2v) is 7.80. The van der Waals surface area contributed by atoms with Gasteiger partial charge in [0.05, 0.1) is 12.9 Å². The first-order valence-electron chi connectivity index (χ1n) is 7.86. The Kier molecular flexibility index (Phi) is 5.06. The number of hydrogen-bond donors (Lipinski definition) is 0. The van der Waals surface area contributed by atoms with Crippen LogP contribution < -0.4 is 0 Å². The fourth-order valence-electron chi connectivity index (χ4n) is 2.89. The standard InChI is InChI=1S/C16H21N3O2S2/c1-10(2)19-15(17-18-16(19)23-9-14(20)21-3)12-8-22-13-7-5-4-6-11(12)13/h8,10H,4-7,9H2,1-3H3. The van der Waals surface area contributed by atoms with Crippen molar-refractivity contribution in [2.75, 3.05) is 12.9 Å². The molecule has 1 aliphatic carbocycles. The average molecular weight is 351 g/mol. The van der Waals surface area contributed by atoms with Crippen LogP contribution in [0.2, 0.25) is 0 Å². The van der Waals surface area contributed by atoms with E-state index in [1.165, 1.54) is 54.1 Å². The van der Waals surface area contributed by atoms with Gasteiger partial charge in [0.25, 0.3) is 0 Å². The van der Waals surface area contributed by atoms with Gasteiger partial charge in [-0.15, -0.1) is 21.5 Å². The molecule has 0 amide bonds. The lowest BCUT2D eigenvalue weighted by molar-refractivity contribution is -0.137. The van der Waals surface area contributed by atoms with Crippen molar-refractivity contribution in [2.45, 2.75) is 50.7 Å². The van der Waals surface area contributed by atoms with Gasteiger partial charge in [-0.2, -0.15) is 0 Å². The molecule has 124 valence electrons. The number of hydrogen-bond acceptors (Lipinski definition) is 6. The van der Waals surface area contributed by atoms with Crippen molar-refractivity contribution in [1.82, 2.24) is 14.8 Å². The molecule has 0 spiro atoms. The van der Waals surface area contributed by atoms with Crippen LogP contribution in [0.15, 0.2) is 10.5 Å². The van der Waals surface area contributed by atoms with Crippen LogP contribution in [-0.2, 0) is 22.4 Å². The van der Waals surface area contributed by atoms with E-state index in [-0.39, 0.29) is 17.8 Å². The molecule has 7 heteroatoms. The van der Waals surface area contributed by atoms with Gasteiger partial charge in [0.15, 0.2) is 11.0 Å². The number of carbonyl (C=O) groups is 1. The third kappa shape index (κ3) is 3.30. The van der Waals surface area contributed by atoms with Crippen molar-refractivity contribution in [1.29, 1.82) is 0 Å². The van der Waals surface area contributed by atoms with E-state index < -0.39 is 0 Å². The third-order valence-electron chi connectivity index (χ3n) is 4.03. The molecule has 0 aromatic carbocycles. The molecule has 0 fully saturated rings. The van der Waals surface area contributed by atoms with Crippen molar-refractivity contribution in [3.63, 3.8) is 0 Å². The summed E-state index contributed by atoms with van der Waals surface area (Å²) in [6.07, 6.45) is 4.84. The summed E-state index contributed by atoms with van der Waals surface area (Å²) in [7, 11) is 1.40. The summed E-state index contributed by atoms with van der Waals surface area (Å²) in [6, 6.07) is 0.235. The van der Waals surface area contributed by atoms with Crippen LogP contribution in [0.1, 0.15) is 43.2 Å². The lowest BCUT2D eigenvalue weighted by atomic mass is 9.95. The highest BCUT2D eigenvalue weighted by atomic mass is 32.2. The van der Waals surface area contributed by atoms with Crippen molar-refractivity contribution < 1.29 is 9.53 Å². The highest BCUT2D eigenvalue weighted by molar-refractivity contribution is 7.99. The number of carbonyl (C=O) groups excluding carboxylic acids is 1. The Bertz CT molecular complexity index is 706. The molecular weight excluding hydrogens is 330 g/mol. The van der Waals surface area contributed by atoms with Crippen molar-refractivity contribution in [2.24, 2.45) is 0 Å². The zero-order chi connectivity index (χ0) is 16.4. The van der Waals surface area contributed by atoms with Crippen LogP contribution in [-0.4, -0.2) is 33.6 Å². The Morgan fingerprint density at radius 1 is 1.39 bits per heavy atom. The molecule has 0 bridgehead atoms. The van der Waals surface area contributed by atoms with Crippen molar-refractivity contribution >= 4 is 29.1 Å². The zero-order valence-electron chi connectivity index (χ0n) is 13.7. The fourth-order valence-corrected chi connectivity index (χ4v) is 4.91. The largest absolute Gasteiger partial charge is 0.468 e. The number of thiophene rings is 1. The summed E-state index contributed by atoms with van der Waals surface area (Å²) >= 11 is 3.22. The first-order valence-corrected chi connectivity index (χ1v) is 9.72. The summed E-state index contributed by atoms with van der Waals surface area (Å²) in [5, 5.41) is 11.7. The highest BCUT2D eigenvalue weighted by Gasteiger charge is 2.23. The molecule has 0 N–H and O–H groups in total. The quantitative estimate of drug-likeness (QED) is 0.607. The second-order valence-electron chi connectivity index (χ2n) is 5.89. The van der Waals surface area contributed by atoms with Gasteiger partial charge in [0, 0.05) is 21.9 Å². The fraction of sp³-hybridized carbons (Fsp3) is 0.562. The topological polar surface area (TPSA) is 57.0 Å². The number of aromatic nitrogens is 3. The molecule has 0 atom stereocenters. The molecular formula is C16H21N3O2S2.